The Hall–Kier alpha value is -1.62. The molecule has 3 aromatic rings. The van der Waals surface area contributed by atoms with Crippen molar-refractivity contribution in [3.05, 3.63) is 57.7 Å². The Kier molecular flexibility index (Phi) is 4.80. The van der Waals surface area contributed by atoms with Crippen LogP contribution in [0.25, 0.3) is 10.9 Å². The first-order chi connectivity index (χ1) is 11.8. The fourth-order valence-corrected chi connectivity index (χ4v) is 4.81. The lowest BCUT2D eigenvalue weighted by atomic mass is 10.2. The summed E-state index contributed by atoms with van der Waals surface area (Å²) >= 11 is 9.16. The van der Waals surface area contributed by atoms with Crippen molar-refractivity contribution in [2.75, 3.05) is 5.23 Å². The van der Waals surface area contributed by atoms with Gasteiger partial charge >= 0.3 is 0 Å². The van der Waals surface area contributed by atoms with Crippen molar-refractivity contribution in [1.82, 2.24) is 3.97 Å². The lowest BCUT2D eigenvalue weighted by molar-refractivity contribution is 0.0291. The van der Waals surface area contributed by atoms with Gasteiger partial charge in [-0.2, -0.15) is 0 Å². The summed E-state index contributed by atoms with van der Waals surface area (Å²) in [5.74, 6) is 0. The number of nitrogens with zero attached hydrogens (tertiary/aromatic N) is 2. The number of halogens is 2. The van der Waals surface area contributed by atoms with Gasteiger partial charge in [0.25, 0.3) is 10.0 Å². The van der Waals surface area contributed by atoms with Crippen molar-refractivity contribution in [1.29, 1.82) is 0 Å². The minimum absolute atomic E-state index is 0.0291. The van der Waals surface area contributed by atoms with Crippen LogP contribution in [0.15, 0.2) is 52.0 Å². The van der Waals surface area contributed by atoms with Crippen LogP contribution >= 0.6 is 27.5 Å². The quantitative estimate of drug-likeness (QED) is 0.530. The van der Waals surface area contributed by atoms with Gasteiger partial charge in [0.1, 0.15) is 5.69 Å². The van der Waals surface area contributed by atoms with E-state index in [1.165, 1.54) is 18.3 Å². The molecule has 1 aromatic heterocycles. The maximum Gasteiger partial charge on any atom is 0.268 e. The second-order valence-corrected chi connectivity index (χ2v) is 8.23. The summed E-state index contributed by atoms with van der Waals surface area (Å²) in [5.41, 5.74) is 0.536. The van der Waals surface area contributed by atoms with E-state index in [1.807, 2.05) is 0 Å². The maximum absolute atomic E-state index is 13.1. The van der Waals surface area contributed by atoms with E-state index in [1.54, 1.807) is 18.2 Å². The molecule has 3 N–H and O–H groups in total. The second kappa shape index (κ2) is 6.60. The highest BCUT2D eigenvalue weighted by Crippen LogP contribution is 2.33. The second-order valence-electron chi connectivity index (χ2n) is 5.15. The number of benzene rings is 2. The molecule has 7 nitrogen and oxygen atoms in total. The van der Waals surface area contributed by atoms with Crippen LogP contribution in [0.3, 0.4) is 0 Å². The summed E-state index contributed by atoms with van der Waals surface area (Å²) in [7, 11) is -4.08. The van der Waals surface area contributed by atoms with Gasteiger partial charge in [-0.05, 0) is 40.2 Å². The van der Waals surface area contributed by atoms with E-state index < -0.39 is 10.0 Å². The minimum Gasteiger partial charge on any atom is -0.392 e. The predicted molar refractivity (Wildman–Crippen MR) is 95.6 cm³/mol. The molecule has 0 saturated heterocycles. The smallest absolute Gasteiger partial charge is 0.268 e. The number of fused-ring (bicyclic) bond motifs is 1. The Morgan fingerprint density at radius 3 is 2.56 bits per heavy atom. The zero-order valence-electron chi connectivity index (χ0n) is 12.5. The molecule has 3 rings (SSSR count). The zero-order chi connectivity index (χ0) is 18.4. The molecule has 0 aliphatic rings. The average molecular weight is 448 g/mol. The standard InChI is InChI=1S/C15H12BrClN2O5S/c16-12-3-1-2-11-9(8-20)7-18(15(11)12)25(23,24)10-4-5-13(17)14(6-10)19(21)22/h1-7,20-22H,8H2. The Morgan fingerprint density at radius 2 is 1.92 bits per heavy atom. The Bertz CT molecular complexity index is 1070. The largest absolute Gasteiger partial charge is 0.392 e. The van der Waals surface area contributed by atoms with E-state index in [2.05, 4.69) is 15.9 Å². The number of rotatable bonds is 4. The molecule has 0 bridgehead atoms. The molecule has 0 fully saturated rings. The van der Waals surface area contributed by atoms with Gasteiger partial charge in [0.2, 0.25) is 0 Å². The number of aromatic nitrogens is 1. The molecule has 0 amide bonds. The molecule has 132 valence electrons. The van der Waals surface area contributed by atoms with Gasteiger partial charge in [0.05, 0.1) is 22.0 Å². The van der Waals surface area contributed by atoms with Crippen molar-refractivity contribution < 1.29 is 23.9 Å². The Balaban J connectivity index is 2.29. The topological polar surface area (TPSA) is 103 Å². The number of aliphatic hydroxyl groups is 1. The molecule has 0 saturated carbocycles. The molecule has 0 atom stereocenters. The molecule has 10 heteroatoms. The number of hydrogen-bond acceptors (Lipinski definition) is 6. The normalized spacial score (nSPS) is 11.9. The maximum atomic E-state index is 13.1. The Labute approximate surface area is 156 Å². The molecular weight excluding hydrogens is 436 g/mol. The van der Waals surface area contributed by atoms with Crippen LogP contribution in [0, 0.1) is 0 Å². The Morgan fingerprint density at radius 1 is 1.20 bits per heavy atom. The molecule has 25 heavy (non-hydrogen) atoms. The average Bonchev–Trinajstić information content (AvgIpc) is 2.95. The monoisotopic (exact) mass is 446 g/mol. The van der Waals surface area contributed by atoms with Gasteiger partial charge in [-0.25, -0.2) is 12.4 Å². The van der Waals surface area contributed by atoms with E-state index in [9.17, 15) is 23.9 Å². The van der Waals surface area contributed by atoms with E-state index in [-0.39, 0.29) is 27.4 Å². The van der Waals surface area contributed by atoms with Crippen molar-refractivity contribution in [2.24, 2.45) is 0 Å². The van der Waals surface area contributed by atoms with Gasteiger partial charge in [-0.1, -0.05) is 23.7 Å². The molecule has 0 unspecified atom stereocenters. The molecule has 2 aromatic carbocycles. The first kappa shape index (κ1) is 18.2. The molecule has 0 radical (unpaired) electrons. The summed E-state index contributed by atoms with van der Waals surface area (Å²) in [5, 5.41) is 28.2. The third-order valence-corrected chi connectivity index (χ3v) is 6.30. The van der Waals surface area contributed by atoms with Crippen molar-refractivity contribution >= 4 is 54.1 Å². The first-order valence-corrected chi connectivity index (χ1v) is 9.50. The summed E-state index contributed by atoms with van der Waals surface area (Å²) in [6.45, 7) is -0.331. The summed E-state index contributed by atoms with van der Waals surface area (Å²) < 4.78 is 27.7. The van der Waals surface area contributed by atoms with Crippen LogP contribution in [0.4, 0.5) is 5.69 Å². The fourth-order valence-electron chi connectivity index (χ4n) is 2.51. The van der Waals surface area contributed by atoms with Crippen molar-refractivity contribution in [3.8, 4) is 0 Å². The van der Waals surface area contributed by atoms with Crippen molar-refractivity contribution in [3.63, 3.8) is 0 Å². The molecule has 1 heterocycles. The highest BCUT2D eigenvalue weighted by atomic mass is 79.9. The lowest BCUT2D eigenvalue weighted by Gasteiger charge is -2.13. The van der Waals surface area contributed by atoms with Gasteiger partial charge in [0.15, 0.2) is 0 Å². The summed E-state index contributed by atoms with van der Waals surface area (Å²) in [6.07, 6.45) is 1.33. The van der Waals surface area contributed by atoms with Crippen LogP contribution in [0.5, 0.6) is 0 Å². The van der Waals surface area contributed by atoms with E-state index in [0.717, 1.165) is 10.0 Å². The van der Waals surface area contributed by atoms with E-state index in [4.69, 9.17) is 11.6 Å². The van der Waals surface area contributed by atoms with Crippen LogP contribution in [-0.2, 0) is 16.6 Å². The van der Waals surface area contributed by atoms with Gasteiger partial charge < -0.3 is 5.11 Å². The molecule has 0 aliphatic heterocycles. The van der Waals surface area contributed by atoms with Crippen LogP contribution < -0.4 is 5.23 Å². The lowest BCUT2D eigenvalue weighted by Crippen LogP contribution is -2.15. The number of hydrogen-bond donors (Lipinski definition) is 3. The summed E-state index contributed by atoms with van der Waals surface area (Å²) in [6, 6.07) is 8.67. The predicted octanol–water partition coefficient (Wildman–Crippen LogP) is 3.37. The third-order valence-electron chi connectivity index (χ3n) is 3.69. The van der Waals surface area contributed by atoms with Crippen LogP contribution in [0.2, 0.25) is 5.02 Å². The van der Waals surface area contributed by atoms with Gasteiger partial charge in [-0.3, -0.25) is 10.4 Å². The highest BCUT2D eigenvalue weighted by molar-refractivity contribution is 9.10. The van der Waals surface area contributed by atoms with E-state index in [0.29, 0.717) is 20.9 Å². The van der Waals surface area contributed by atoms with Gasteiger partial charge in [0, 0.05) is 21.6 Å². The van der Waals surface area contributed by atoms with Gasteiger partial charge in [-0.15, -0.1) is 5.23 Å². The van der Waals surface area contributed by atoms with Crippen molar-refractivity contribution in [2.45, 2.75) is 11.5 Å². The third kappa shape index (κ3) is 3.03. The van der Waals surface area contributed by atoms with E-state index >= 15 is 0 Å². The van der Waals surface area contributed by atoms with Crippen LogP contribution in [0.1, 0.15) is 5.56 Å². The highest BCUT2D eigenvalue weighted by Gasteiger charge is 2.24. The number of aliphatic hydroxyl groups excluding tert-OH is 1. The number of anilines is 1. The molecule has 0 aliphatic carbocycles. The molecule has 0 spiro atoms. The SMILES string of the molecule is O=S(=O)(c1ccc(Cl)c(N(O)O)c1)n1cc(CO)c2cccc(Br)c21. The first-order valence-electron chi connectivity index (χ1n) is 6.89. The van der Waals surface area contributed by atoms with Crippen LogP contribution in [-0.4, -0.2) is 27.9 Å². The fraction of sp³-hybridized carbons (Fsp3) is 0.0667. The zero-order valence-corrected chi connectivity index (χ0v) is 15.6. The number of para-hydroxylation sites is 1. The molecular formula is C15H12BrClN2O5S. The summed E-state index contributed by atoms with van der Waals surface area (Å²) in [4.78, 5) is -0.197. The minimum atomic E-state index is -4.08.